The van der Waals surface area contributed by atoms with E-state index in [9.17, 15) is 14.0 Å². The zero-order valence-electron chi connectivity index (χ0n) is 11.2. The number of fused-ring (bicyclic) bond motifs is 3. The highest BCUT2D eigenvalue weighted by Gasteiger charge is 2.33. The summed E-state index contributed by atoms with van der Waals surface area (Å²) in [7, 11) is 0. The van der Waals surface area contributed by atoms with E-state index in [0.29, 0.717) is 5.56 Å². The molecule has 4 rings (SSSR count). The van der Waals surface area contributed by atoms with Gasteiger partial charge in [0, 0.05) is 12.3 Å². The van der Waals surface area contributed by atoms with Crippen LogP contribution in [0.3, 0.4) is 0 Å². The van der Waals surface area contributed by atoms with Crippen molar-refractivity contribution >= 4 is 17.5 Å². The van der Waals surface area contributed by atoms with Crippen molar-refractivity contribution in [2.75, 3.05) is 5.32 Å². The van der Waals surface area contributed by atoms with Crippen LogP contribution in [0, 0.1) is 5.82 Å². The average molecular weight is 299 g/mol. The van der Waals surface area contributed by atoms with E-state index < -0.39 is 17.3 Å². The van der Waals surface area contributed by atoms with Crippen molar-refractivity contribution in [2.45, 2.75) is 12.3 Å². The molecule has 8 heteroatoms. The highest BCUT2D eigenvalue weighted by atomic mass is 19.1. The molecule has 7 nitrogen and oxygen atoms in total. The fraction of sp³-hybridized carbons (Fsp3) is 0.143. The number of aromatic amines is 1. The summed E-state index contributed by atoms with van der Waals surface area (Å²) < 4.78 is 15.4. The second-order valence-corrected chi connectivity index (χ2v) is 5.04. The van der Waals surface area contributed by atoms with Crippen LogP contribution in [-0.4, -0.2) is 25.5 Å². The molecule has 3 aromatic rings. The molecule has 0 saturated heterocycles. The Morgan fingerprint density at radius 1 is 1.27 bits per heavy atom. The third-order valence-corrected chi connectivity index (χ3v) is 3.76. The highest BCUT2D eigenvalue weighted by molar-refractivity contribution is 5.94. The van der Waals surface area contributed by atoms with Gasteiger partial charge in [0.25, 0.3) is 5.56 Å². The van der Waals surface area contributed by atoms with Crippen molar-refractivity contribution in [3.05, 3.63) is 57.9 Å². The van der Waals surface area contributed by atoms with Crippen LogP contribution < -0.4 is 10.9 Å². The fourth-order valence-electron chi connectivity index (χ4n) is 2.82. The first-order chi connectivity index (χ1) is 10.6. The number of nitrogens with one attached hydrogen (secondary N) is 2. The molecule has 1 atom stereocenters. The number of amides is 1. The van der Waals surface area contributed by atoms with Gasteiger partial charge >= 0.3 is 0 Å². The van der Waals surface area contributed by atoms with Crippen molar-refractivity contribution in [3.8, 4) is 0 Å². The molecule has 1 amide bonds. The molecule has 0 saturated carbocycles. The number of H-pyrrole nitrogens is 1. The van der Waals surface area contributed by atoms with Gasteiger partial charge in [0.05, 0.1) is 5.56 Å². The molecule has 1 aliphatic heterocycles. The van der Waals surface area contributed by atoms with Crippen LogP contribution in [0.1, 0.15) is 23.5 Å². The first-order valence-electron chi connectivity index (χ1n) is 6.65. The summed E-state index contributed by atoms with van der Waals surface area (Å²) >= 11 is 0. The van der Waals surface area contributed by atoms with Gasteiger partial charge in [-0.25, -0.2) is 4.39 Å². The summed E-state index contributed by atoms with van der Waals surface area (Å²) in [5.41, 5.74) is 0.176. The first-order valence-corrected chi connectivity index (χ1v) is 6.65. The number of carbonyl (C=O) groups excluding carboxylic acids is 1. The Morgan fingerprint density at radius 3 is 2.91 bits per heavy atom. The number of halogens is 1. The largest absolute Gasteiger partial charge is 0.310 e. The maximum atomic E-state index is 14.1. The number of nitrogens with zero attached hydrogens (tertiary/aromatic N) is 3. The number of carbonyl (C=O) groups is 1. The van der Waals surface area contributed by atoms with Gasteiger partial charge in [-0.3, -0.25) is 14.6 Å². The molecule has 0 spiro atoms. The van der Waals surface area contributed by atoms with Crippen LogP contribution in [-0.2, 0) is 4.79 Å². The number of hydrogen-bond donors (Lipinski definition) is 2. The molecule has 2 N–H and O–H groups in total. The van der Waals surface area contributed by atoms with E-state index in [1.54, 1.807) is 18.2 Å². The maximum Gasteiger partial charge on any atom is 0.258 e. The maximum absolute atomic E-state index is 14.1. The molecule has 22 heavy (non-hydrogen) atoms. The van der Waals surface area contributed by atoms with Gasteiger partial charge in [0.2, 0.25) is 11.7 Å². The highest BCUT2D eigenvalue weighted by Crippen LogP contribution is 2.35. The third kappa shape index (κ3) is 1.73. The Morgan fingerprint density at radius 2 is 2.09 bits per heavy atom. The van der Waals surface area contributed by atoms with Crippen molar-refractivity contribution in [1.82, 2.24) is 19.6 Å². The molecule has 1 aromatic carbocycles. The lowest BCUT2D eigenvalue weighted by atomic mass is 9.86. The normalized spacial score (nSPS) is 17.3. The summed E-state index contributed by atoms with van der Waals surface area (Å²) in [6, 6.07) is 6.12. The molecule has 0 fully saturated rings. The zero-order valence-corrected chi connectivity index (χ0v) is 11.2. The van der Waals surface area contributed by atoms with Crippen LogP contribution in [0.4, 0.5) is 10.2 Å². The van der Waals surface area contributed by atoms with E-state index in [1.165, 1.54) is 16.9 Å². The van der Waals surface area contributed by atoms with Gasteiger partial charge in [-0.1, -0.05) is 18.2 Å². The minimum atomic E-state index is -0.665. The van der Waals surface area contributed by atoms with Gasteiger partial charge in [0.15, 0.2) is 0 Å². The van der Waals surface area contributed by atoms with Crippen LogP contribution >= 0.6 is 0 Å². The van der Waals surface area contributed by atoms with E-state index in [1.807, 2.05) is 0 Å². The number of anilines is 1. The summed E-state index contributed by atoms with van der Waals surface area (Å²) in [4.78, 5) is 30.8. The van der Waals surface area contributed by atoms with Gasteiger partial charge in [0.1, 0.15) is 18.0 Å². The Balaban J connectivity index is 2.04. The predicted octanol–water partition coefficient (Wildman–Crippen LogP) is 1.03. The van der Waals surface area contributed by atoms with Crippen molar-refractivity contribution in [3.63, 3.8) is 0 Å². The standard InChI is InChI=1S/C14H10FN5O2/c15-9-4-2-1-3-7(9)8-5-10(21)18-12-11(8)13(22)19-14-16-6-17-20(12)14/h1-4,6,8H,5H2,(H,18,21)(H,16,17,19,22)/t8-/m1/s1. The summed E-state index contributed by atoms with van der Waals surface area (Å²) in [6.45, 7) is 0. The summed E-state index contributed by atoms with van der Waals surface area (Å²) in [5, 5.41) is 6.61. The minimum absolute atomic E-state index is 0.00276. The minimum Gasteiger partial charge on any atom is -0.310 e. The topological polar surface area (TPSA) is 92.2 Å². The SMILES string of the molecule is O=C1C[C@H](c2ccccc2F)c2c(n3ncnc3[nH]c2=O)N1. The number of hydrogen-bond acceptors (Lipinski definition) is 4. The second-order valence-electron chi connectivity index (χ2n) is 5.04. The van der Waals surface area contributed by atoms with Crippen molar-refractivity contribution < 1.29 is 9.18 Å². The van der Waals surface area contributed by atoms with E-state index in [0.717, 1.165) is 0 Å². The molecule has 0 unspecified atom stereocenters. The molecule has 2 aromatic heterocycles. The Hall–Kier alpha value is -3.03. The van der Waals surface area contributed by atoms with Gasteiger partial charge in [-0.2, -0.15) is 14.6 Å². The molecule has 3 heterocycles. The number of benzene rings is 1. The lowest BCUT2D eigenvalue weighted by Gasteiger charge is -2.25. The van der Waals surface area contributed by atoms with E-state index in [4.69, 9.17) is 0 Å². The van der Waals surface area contributed by atoms with Gasteiger partial charge in [-0.05, 0) is 11.6 Å². The monoisotopic (exact) mass is 299 g/mol. The lowest BCUT2D eigenvalue weighted by molar-refractivity contribution is -0.116. The van der Waals surface area contributed by atoms with Gasteiger partial charge in [-0.15, -0.1) is 0 Å². The molecule has 1 aliphatic rings. The first kappa shape index (κ1) is 12.7. The van der Waals surface area contributed by atoms with Crippen LogP contribution in [0.5, 0.6) is 0 Å². The molecule has 0 aliphatic carbocycles. The van der Waals surface area contributed by atoms with E-state index in [2.05, 4.69) is 20.4 Å². The number of rotatable bonds is 1. The quantitative estimate of drug-likeness (QED) is 0.702. The zero-order chi connectivity index (χ0) is 15.3. The Bertz CT molecular complexity index is 961. The molecule has 0 radical (unpaired) electrons. The average Bonchev–Trinajstić information content (AvgIpc) is 2.95. The van der Waals surface area contributed by atoms with E-state index in [-0.39, 0.29) is 29.5 Å². The third-order valence-electron chi connectivity index (χ3n) is 3.76. The fourth-order valence-corrected chi connectivity index (χ4v) is 2.82. The Labute approximate surface area is 122 Å². The molecular formula is C14H10FN5O2. The predicted molar refractivity (Wildman–Crippen MR) is 75.1 cm³/mol. The number of aromatic nitrogens is 4. The van der Waals surface area contributed by atoms with Crippen LogP contribution in [0.25, 0.3) is 5.78 Å². The lowest BCUT2D eigenvalue weighted by Crippen LogP contribution is -2.32. The van der Waals surface area contributed by atoms with Crippen LogP contribution in [0.15, 0.2) is 35.4 Å². The van der Waals surface area contributed by atoms with Gasteiger partial charge < -0.3 is 5.32 Å². The second kappa shape index (κ2) is 4.48. The van der Waals surface area contributed by atoms with Crippen molar-refractivity contribution in [1.29, 1.82) is 0 Å². The van der Waals surface area contributed by atoms with E-state index >= 15 is 0 Å². The summed E-state index contributed by atoms with van der Waals surface area (Å²) in [5.74, 6) is -0.962. The molecular weight excluding hydrogens is 289 g/mol. The molecule has 0 bridgehead atoms. The molecule has 110 valence electrons. The van der Waals surface area contributed by atoms with Crippen LogP contribution in [0.2, 0.25) is 0 Å². The van der Waals surface area contributed by atoms with Crippen molar-refractivity contribution in [2.24, 2.45) is 0 Å². The summed E-state index contributed by atoms with van der Waals surface area (Å²) in [6.07, 6.45) is 1.27. The smallest absolute Gasteiger partial charge is 0.258 e. The Kier molecular flexibility index (Phi) is 2.59.